The lowest BCUT2D eigenvalue weighted by Gasteiger charge is -2.08. The Kier molecular flexibility index (Phi) is 4.81. The Balaban J connectivity index is 2.48. The van der Waals surface area contributed by atoms with Crippen molar-refractivity contribution in [1.82, 2.24) is 5.32 Å². The summed E-state index contributed by atoms with van der Waals surface area (Å²) in [5.41, 5.74) is 2.17. The third-order valence-corrected chi connectivity index (χ3v) is 2.73. The molecule has 1 rings (SSSR count). The maximum atomic E-state index is 11.4. The fraction of sp³-hybridized carbons (Fsp3) is 0.462. The van der Waals surface area contributed by atoms with E-state index in [2.05, 4.69) is 5.32 Å². The van der Waals surface area contributed by atoms with E-state index in [9.17, 15) is 4.79 Å². The quantitative estimate of drug-likeness (QED) is 0.860. The molecule has 0 bridgehead atoms. The minimum Gasteiger partial charge on any atom is -0.354 e. The summed E-state index contributed by atoms with van der Waals surface area (Å²) in [4.78, 5) is 11.4. The lowest BCUT2D eigenvalue weighted by atomic mass is 10.1. The van der Waals surface area contributed by atoms with Crippen LogP contribution in [0.2, 0.25) is 5.02 Å². The molecule has 0 aliphatic carbocycles. The first-order chi connectivity index (χ1) is 7.49. The van der Waals surface area contributed by atoms with Crippen molar-refractivity contribution >= 4 is 17.5 Å². The maximum absolute atomic E-state index is 11.4. The highest BCUT2D eigenvalue weighted by atomic mass is 35.5. The highest BCUT2D eigenvalue weighted by molar-refractivity contribution is 6.31. The van der Waals surface area contributed by atoms with Gasteiger partial charge in [-0.15, -0.1) is 0 Å². The zero-order chi connectivity index (χ0) is 12.1. The molecule has 0 fully saturated rings. The van der Waals surface area contributed by atoms with Gasteiger partial charge < -0.3 is 5.32 Å². The van der Waals surface area contributed by atoms with E-state index >= 15 is 0 Å². The number of carbonyl (C=O) groups excluding carboxylic acids is 1. The first kappa shape index (κ1) is 13.0. The number of aryl methyl sites for hydroxylation is 2. The van der Waals surface area contributed by atoms with Crippen LogP contribution in [0.5, 0.6) is 0 Å². The van der Waals surface area contributed by atoms with Crippen LogP contribution in [-0.2, 0) is 11.2 Å². The average Bonchev–Trinajstić information content (AvgIpc) is 2.19. The summed E-state index contributed by atoms with van der Waals surface area (Å²) in [6.45, 7) is 5.89. The standard InChI is InChI=1S/C13H18ClNO/c1-9(2)15-13(16)7-6-11-5-4-10(3)12(14)8-11/h4-5,8-9H,6-7H2,1-3H3,(H,15,16). The van der Waals surface area contributed by atoms with Crippen molar-refractivity contribution in [2.75, 3.05) is 0 Å². The fourth-order valence-corrected chi connectivity index (χ4v) is 1.65. The molecule has 2 nitrogen and oxygen atoms in total. The van der Waals surface area contributed by atoms with Crippen LogP contribution in [0.3, 0.4) is 0 Å². The van der Waals surface area contributed by atoms with Crippen molar-refractivity contribution in [3.63, 3.8) is 0 Å². The molecule has 0 heterocycles. The van der Waals surface area contributed by atoms with Gasteiger partial charge in [-0.2, -0.15) is 0 Å². The lowest BCUT2D eigenvalue weighted by molar-refractivity contribution is -0.121. The summed E-state index contributed by atoms with van der Waals surface area (Å²) >= 11 is 6.01. The molecule has 16 heavy (non-hydrogen) atoms. The van der Waals surface area contributed by atoms with Crippen LogP contribution < -0.4 is 5.32 Å². The van der Waals surface area contributed by atoms with E-state index in [0.29, 0.717) is 6.42 Å². The van der Waals surface area contributed by atoms with Gasteiger partial charge in [0, 0.05) is 17.5 Å². The molecule has 0 radical (unpaired) electrons. The zero-order valence-corrected chi connectivity index (χ0v) is 10.8. The van der Waals surface area contributed by atoms with Crippen LogP contribution in [0.25, 0.3) is 0 Å². The monoisotopic (exact) mass is 239 g/mol. The van der Waals surface area contributed by atoms with E-state index in [0.717, 1.165) is 22.6 Å². The van der Waals surface area contributed by atoms with Gasteiger partial charge in [0.2, 0.25) is 5.91 Å². The molecule has 1 aromatic rings. The molecule has 0 aromatic heterocycles. The zero-order valence-electron chi connectivity index (χ0n) is 10.0. The summed E-state index contributed by atoms with van der Waals surface area (Å²) in [6.07, 6.45) is 1.25. The van der Waals surface area contributed by atoms with Gasteiger partial charge in [0.05, 0.1) is 0 Å². The van der Waals surface area contributed by atoms with E-state index in [1.165, 1.54) is 0 Å². The van der Waals surface area contributed by atoms with E-state index in [-0.39, 0.29) is 11.9 Å². The van der Waals surface area contributed by atoms with Gasteiger partial charge in [-0.25, -0.2) is 0 Å². The fourth-order valence-electron chi connectivity index (χ4n) is 1.44. The molecular formula is C13H18ClNO. The van der Waals surface area contributed by atoms with Gasteiger partial charge in [0.15, 0.2) is 0 Å². The molecule has 3 heteroatoms. The van der Waals surface area contributed by atoms with Crippen molar-refractivity contribution in [3.8, 4) is 0 Å². The molecule has 0 aliphatic rings. The van der Waals surface area contributed by atoms with Crippen LogP contribution in [-0.4, -0.2) is 11.9 Å². The number of amides is 1. The number of hydrogen-bond acceptors (Lipinski definition) is 1. The number of carbonyl (C=O) groups is 1. The summed E-state index contributed by atoms with van der Waals surface area (Å²) in [5, 5.41) is 3.63. The smallest absolute Gasteiger partial charge is 0.220 e. The second kappa shape index (κ2) is 5.90. The molecule has 88 valence electrons. The Bertz CT molecular complexity index is 374. The number of nitrogens with one attached hydrogen (secondary N) is 1. The number of benzene rings is 1. The van der Waals surface area contributed by atoms with E-state index < -0.39 is 0 Å². The van der Waals surface area contributed by atoms with Gasteiger partial charge >= 0.3 is 0 Å². The lowest BCUT2D eigenvalue weighted by Crippen LogP contribution is -2.30. The average molecular weight is 240 g/mol. The third kappa shape index (κ3) is 4.23. The van der Waals surface area contributed by atoms with E-state index in [1.54, 1.807) is 0 Å². The largest absolute Gasteiger partial charge is 0.354 e. The Labute approximate surface area is 102 Å². The van der Waals surface area contributed by atoms with Crippen molar-refractivity contribution in [2.45, 2.75) is 39.7 Å². The van der Waals surface area contributed by atoms with Gasteiger partial charge in [-0.3, -0.25) is 4.79 Å². The molecule has 0 saturated carbocycles. The minimum atomic E-state index is 0.0895. The molecule has 0 atom stereocenters. The Morgan fingerprint density at radius 2 is 2.12 bits per heavy atom. The van der Waals surface area contributed by atoms with Crippen molar-refractivity contribution in [1.29, 1.82) is 0 Å². The number of rotatable bonds is 4. The molecule has 1 aromatic carbocycles. The molecular weight excluding hydrogens is 222 g/mol. The summed E-state index contributed by atoms with van der Waals surface area (Å²) in [7, 11) is 0. The first-order valence-electron chi connectivity index (χ1n) is 5.53. The minimum absolute atomic E-state index is 0.0895. The highest BCUT2D eigenvalue weighted by Crippen LogP contribution is 2.17. The third-order valence-electron chi connectivity index (χ3n) is 2.33. The normalized spacial score (nSPS) is 10.6. The van der Waals surface area contributed by atoms with Crippen LogP contribution in [0.4, 0.5) is 0 Å². The van der Waals surface area contributed by atoms with Gasteiger partial charge in [0.1, 0.15) is 0 Å². The van der Waals surface area contributed by atoms with E-state index in [1.807, 2.05) is 39.0 Å². The van der Waals surface area contributed by atoms with Crippen LogP contribution >= 0.6 is 11.6 Å². The second-order valence-electron chi connectivity index (χ2n) is 4.31. The van der Waals surface area contributed by atoms with Crippen molar-refractivity contribution < 1.29 is 4.79 Å². The SMILES string of the molecule is Cc1ccc(CCC(=O)NC(C)C)cc1Cl. The number of halogens is 1. The molecule has 0 spiro atoms. The Morgan fingerprint density at radius 1 is 1.44 bits per heavy atom. The van der Waals surface area contributed by atoms with Gasteiger partial charge in [0.25, 0.3) is 0 Å². The Hall–Kier alpha value is -1.02. The maximum Gasteiger partial charge on any atom is 0.220 e. The predicted octanol–water partition coefficient (Wildman–Crippen LogP) is 3.11. The molecule has 1 N–H and O–H groups in total. The highest BCUT2D eigenvalue weighted by Gasteiger charge is 2.04. The van der Waals surface area contributed by atoms with Gasteiger partial charge in [-0.05, 0) is 44.4 Å². The topological polar surface area (TPSA) is 29.1 Å². The van der Waals surface area contributed by atoms with Crippen molar-refractivity contribution in [3.05, 3.63) is 34.3 Å². The first-order valence-corrected chi connectivity index (χ1v) is 5.91. The second-order valence-corrected chi connectivity index (χ2v) is 4.71. The van der Waals surface area contributed by atoms with E-state index in [4.69, 9.17) is 11.6 Å². The summed E-state index contributed by atoms with van der Waals surface area (Å²) < 4.78 is 0. The molecule has 0 aliphatic heterocycles. The predicted molar refractivity (Wildman–Crippen MR) is 67.8 cm³/mol. The van der Waals surface area contributed by atoms with Crippen LogP contribution in [0.1, 0.15) is 31.4 Å². The number of hydrogen-bond donors (Lipinski definition) is 1. The van der Waals surface area contributed by atoms with Crippen LogP contribution in [0, 0.1) is 6.92 Å². The molecule has 0 unspecified atom stereocenters. The van der Waals surface area contributed by atoms with Crippen LogP contribution in [0.15, 0.2) is 18.2 Å². The molecule has 0 saturated heterocycles. The molecule has 1 amide bonds. The van der Waals surface area contributed by atoms with Crippen molar-refractivity contribution in [2.24, 2.45) is 0 Å². The summed E-state index contributed by atoms with van der Waals surface area (Å²) in [6, 6.07) is 6.13. The van der Waals surface area contributed by atoms with Gasteiger partial charge in [-0.1, -0.05) is 23.7 Å². The Morgan fingerprint density at radius 3 is 2.69 bits per heavy atom. The summed E-state index contributed by atoms with van der Waals surface area (Å²) in [5.74, 6) is 0.0895.